The fraction of sp³-hybridized carbons (Fsp3) is 0.400. The van der Waals surface area contributed by atoms with E-state index in [2.05, 4.69) is 9.62 Å². The van der Waals surface area contributed by atoms with Gasteiger partial charge < -0.3 is 9.64 Å². The van der Waals surface area contributed by atoms with Gasteiger partial charge in [-0.05, 0) is 61.4 Å². The van der Waals surface area contributed by atoms with Gasteiger partial charge in [0.2, 0.25) is 20.0 Å². The van der Waals surface area contributed by atoms with Gasteiger partial charge in [-0.2, -0.15) is 4.31 Å². The van der Waals surface area contributed by atoms with Crippen LogP contribution < -0.4 is 14.4 Å². The number of rotatable bonds is 7. The molecular weight excluding hydrogens is 426 g/mol. The van der Waals surface area contributed by atoms with Crippen molar-refractivity contribution < 1.29 is 21.6 Å². The molecule has 1 saturated heterocycles. The number of methoxy groups -OCH3 is 1. The number of hydrogen-bond donors (Lipinski definition) is 1. The lowest BCUT2D eigenvalue weighted by molar-refractivity contribution is 0.384. The van der Waals surface area contributed by atoms with Crippen LogP contribution in [0.2, 0.25) is 0 Å². The Hall–Kier alpha value is -2.14. The van der Waals surface area contributed by atoms with Crippen LogP contribution in [-0.4, -0.2) is 60.5 Å². The Labute approximate surface area is 177 Å². The van der Waals surface area contributed by atoms with Crippen molar-refractivity contribution in [1.29, 1.82) is 0 Å². The lowest BCUT2D eigenvalue weighted by atomic mass is 10.2. The van der Waals surface area contributed by atoms with Crippen LogP contribution in [0.5, 0.6) is 5.75 Å². The molecule has 1 aliphatic heterocycles. The highest BCUT2D eigenvalue weighted by Crippen LogP contribution is 2.25. The summed E-state index contributed by atoms with van der Waals surface area (Å²) in [6, 6.07) is 13.1. The molecule has 0 amide bonds. The number of hydrogen-bond acceptors (Lipinski definition) is 6. The van der Waals surface area contributed by atoms with Gasteiger partial charge in [0.05, 0.1) is 16.9 Å². The minimum atomic E-state index is -3.68. The van der Waals surface area contributed by atoms with E-state index in [-0.39, 0.29) is 15.8 Å². The van der Waals surface area contributed by atoms with Crippen LogP contribution >= 0.6 is 0 Å². The number of sulfonamides is 2. The van der Waals surface area contributed by atoms with E-state index in [1.54, 1.807) is 7.11 Å². The molecule has 0 atom stereocenters. The Morgan fingerprint density at radius 1 is 0.833 bits per heavy atom. The molecule has 162 valence electrons. The normalized spacial score (nSPS) is 18.4. The standard InChI is InChI=1S/C20H25N3O5S2/c1-28-18-6-4-17(5-7-18)22-12-14-23(15-13-22)30(26,27)20-10-8-19(9-11-20)29(24,25)21-16-2-3-16/h4-11,16,21H,2-3,12-15H2,1H3. The second kappa shape index (κ2) is 8.18. The number of anilines is 1. The van der Waals surface area contributed by atoms with Crippen molar-refractivity contribution in [2.75, 3.05) is 38.2 Å². The number of piperazine rings is 1. The highest BCUT2D eigenvalue weighted by atomic mass is 32.2. The van der Waals surface area contributed by atoms with E-state index < -0.39 is 20.0 Å². The fourth-order valence-corrected chi connectivity index (χ4v) is 6.14. The third-order valence-electron chi connectivity index (χ3n) is 5.35. The van der Waals surface area contributed by atoms with E-state index in [4.69, 9.17) is 4.74 Å². The minimum Gasteiger partial charge on any atom is -0.497 e. The van der Waals surface area contributed by atoms with Gasteiger partial charge in [-0.3, -0.25) is 0 Å². The number of benzene rings is 2. The summed E-state index contributed by atoms with van der Waals surface area (Å²) in [6.07, 6.45) is 1.68. The van der Waals surface area contributed by atoms with Crippen molar-refractivity contribution in [3.05, 3.63) is 48.5 Å². The highest BCUT2D eigenvalue weighted by Gasteiger charge is 2.30. The van der Waals surface area contributed by atoms with Gasteiger partial charge in [-0.15, -0.1) is 0 Å². The van der Waals surface area contributed by atoms with Crippen molar-refractivity contribution in [3.8, 4) is 5.75 Å². The summed E-state index contributed by atoms with van der Waals surface area (Å²) in [5.74, 6) is 0.776. The van der Waals surface area contributed by atoms with Crippen LogP contribution in [0.1, 0.15) is 12.8 Å². The van der Waals surface area contributed by atoms with Gasteiger partial charge >= 0.3 is 0 Å². The molecular formula is C20H25N3O5S2. The summed E-state index contributed by atoms with van der Waals surface area (Å²) < 4.78 is 59.7. The second-order valence-corrected chi connectivity index (χ2v) is 11.1. The zero-order valence-electron chi connectivity index (χ0n) is 16.7. The molecule has 0 unspecified atom stereocenters. The Balaban J connectivity index is 1.42. The Kier molecular flexibility index (Phi) is 5.75. The fourth-order valence-electron chi connectivity index (χ4n) is 3.41. The molecule has 0 bridgehead atoms. The maximum atomic E-state index is 13.0. The molecule has 1 heterocycles. The van der Waals surface area contributed by atoms with Crippen molar-refractivity contribution in [2.45, 2.75) is 28.7 Å². The summed E-state index contributed by atoms with van der Waals surface area (Å²) in [7, 11) is -5.67. The molecule has 1 saturated carbocycles. The van der Waals surface area contributed by atoms with E-state index in [1.807, 2.05) is 24.3 Å². The predicted molar refractivity (Wildman–Crippen MR) is 114 cm³/mol. The van der Waals surface area contributed by atoms with Gasteiger partial charge in [0.25, 0.3) is 0 Å². The third kappa shape index (κ3) is 4.46. The molecule has 1 aliphatic carbocycles. The van der Waals surface area contributed by atoms with E-state index in [0.717, 1.165) is 24.3 Å². The molecule has 0 aromatic heterocycles. The first kappa shape index (κ1) is 21.1. The maximum absolute atomic E-state index is 13.0. The topological polar surface area (TPSA) is 96.0 Å². The van der Waals surface area contributed by atoms with Gasteiger partial charge in [0.15, 0.2) is 0 Å². The monoisotopic (exact) mass is 451 g/mol. The first-order valence-corrected chi connectivity index (χ1v) is 12.7. The molecule has 1 N–H and O–H groups in total. The van der Waals surface area contributed by atoms with Crippen LogP contribution in [0.3, 0.4) is 0 Å². The smallest absolute Gasteiger partial charge is 0.243 e. The van der Waals surface area contributed by atoms with E-state index in [9.17, 15) is 16.8 Å². The van der Waals surface area contributed by atoms with Gasteiger partial charge in [0, 0.05) is 37.9 Å². The average molecular weight is 452 g/mol. The van der Waals surface area contributed by atoms with Crippen LogP contribution in [-0.2, 0) is 20.0 Å². The van der Waals surface area contributed by atoms with E-state index in [1.165, 1.54) is 28.6 Å². The lowest BCUT2D eigenvalue weighted by Gasteiger charge is -2.35. The van der Waals surface area contributed by atoms with Crippen LogP contribution in [0, 0.1) is 0 Å². The summed E-state index contributed by atoms with van der Waals surface area (Å²) in [6.45, 7) is 1.86. The predicted octanol–water partition coefficient (Wildman–Crippen LogP) is 1.65. The number of nitrogens with zero attached hydrogens (tertiary/aromatic N) is 2. The molecule has 4 rings (SSSR count). The van der Waals surface area contributed by atoms with Crippen LogP contribution in [0.15, 0.2) is 58.3 Å². The van der Waals surface area contributed by atoms with Crippen LogP contribution in [0.4, 0.5) is 5.69 Å². The minimum absolute atomic E-state index is 0.000377. The highest BCUT2D eigenvalue weighted by molar-refractivity contribution is 7.89. The van der Waals surface area contributed by atoms with Crippen molar-refractivity contribution in [1.82, 2.24) is 9.03 Å². The van der Waals surface area contributed by atoms with Crippen molar-refractivity contribution >= 4 is 25.7 Å². The summed E-state index contributed by atoms with van der Waals surface area (Å²) in [5, 5.41) is 0. The maximum Gasteiger partial charge on any atom is 0.243 e. The molecule has 2 aromatic carbocycles. The lowest BCUT2D eigenvalue weighted by Crippen LogP contribution is -2.48. The molecule has 2 aliphatic rings. The summed E-state index contributed by atoms with van der Waals surface area (Å²) >= 11 is 0. The largest absolute Gasteiger partial charge is 0.497 e. The van der Waals surface area contributed by atoms with Gasteiger partial charge in [-0.1, -0.05) is 0 Å². The first-order chi connectivity index (χ1) is 14.3. The molecule has 8 nitrogen and oxygen atoms in total. The summed E-state index contributed by atoms with van der Waals surface area (Å²) in [5.41, 5.74) is 1.02. The SMILES string of the molecule is COc1ccc(N2CCN(S(=O)(=O)c3ccc(S(=O)(=O)NC4CC4)cc3)CC2)cc1. The molecule has 10 heteroatoms. The van der Waals surface area contributed by atoms with Crippen LogP contribution in [0.25, 0.3) is 0 Å². The molecule has 2 fully saturated rings. The Bertz CT molecular complexity index is 1090. The summed E-state index contributed by atoms with van der Waals surface area (Å²) in [4.78, 5) is 2.31. The second-order valence-electron chi connectivity index (χ2n) is 7.46. The zero-order valence-corrected chi connectivity index (χ0v) is 18.3. The van der Waals surface area contributed by atoms with E-state index in [0.29, 0.717) is 26.2 Å². The van der Waals surface area contributed by atoms with Crippen molar-refractivity contribution in [3.63, 3.8) is 0 Å². The molecule has 0 radical (unpaired) electrons. The quantitative estimate of drug-likeness (QED) is 0.688. The number of nitrogens with one attached hydrogen (secondary N) is 1. The first-order valence-electron chi connectivity index (χ1n) is 9.81. The molecule has 0 spiro atoms. The van der Waals surface area contributed by atoms with Gasteiger partial charge in [0.1, 0.15) is 5.75 Å². The molecule has 2 aromatic rings. The Morgan fingerprint density at radius 3 is 1.93 bits per heavy atom. The van der Waals surface area contributed by atoms with Crippen molar-refractivity contribution in [2.24, 2.45) is 0 Å². The zero-order chi connectivity index (χ0) is 21.4. The molecule has 30 heavy (non-hydrogen) atoms. The Morgan fingerprint density at radius 2 is 1.40 bits per heavy atom. The van der Waals surface area contributed by atoms with E-state index >= 15 is 0 Å². The average Bonchev–Trinajstić information content (AvgIpc) is 3.57. The number of ether oxygens (including phenoxy) is 1. The van der Waals surface area contributed by atoms with Gasteiger partial charge in [-0.25, -0.2) is 21.6 Å². The third-order valence-corrected chi connectivity index (χ3v) is 8.80.